The van der Waals surface area contributed by atoms with E-state index < -0.39 is 0 Å². The van der Waals surface area contributed by atoms with Crippen LogP contribution in [-0.2, 0) is 6.42 Å². The summed E-state index contributed by atoms with van der Waals surface area (Å²) in [5.74, 6) is 1.65. The largest absolute Gasteiger partial charge is 0.344 e. The molecule has 1 fully saturated rings. The van der Waals surface area contributed by atoms with Crippen LogP contribution >= 0.6 is 0 Å². The van der Waals surface area contributed by atoms with E-state index in [-0.39, 0.29) is 6.04 Å². The first-order valence-electron chi connectivity index (χ1n) is 24.6. The Balaban J connectivity index is 0.966. The van der Waals surface area contributed by atoms with Gasteiger partial charge in [0.05, 0.1) is 17.1 Å². The van der Waals surface area contributed by atoms with Crippen molar-refractivity contribution in [3.8, 4) is 0 Å². The van der Waals surface area contributed by atoms with Crippen LogP contribution in [0.5, 0.6) is 0 Å². The van der Waals surface area contributed by atoms with E-state index in [1.165, 1.54) is 93.9 Å². The summed E-state index contributed by atoms with van der Waals surface area (Å²) in [6, 6.07) is 58.1. The molecule has 1 aromatic heterocycles. The van der Waals surface area contributed by atoms with Gasteiger partial charge in [0.2, 0.25) is 0 Å². The molecule has 1 aliphatic heterocycles. The van der Waals surface area contributed by atoms with Crippen LogP contribution in [0.15, 0.2) is 214 Å². The summed E-state index contributed by atoms with van der Waals surface area (Å²) in [6.45, 7) is 4.39. The first kappa shape index (κ1) is 40.0. The average molecular weight is 867 g/mol. The van der Waals surface area contributed by atoms with Gasteiger partial charge in [-0.25, -0.2) is 4.99 Å². The molecule has 0 bridgehead atoms. The van der Waals surface area contributed by atoms with E-state index in [9.17, 15) is 0 Å². The minimum absolute atomic E-state index is 0.0435. The van der Waals surface area contributed by atoms with Crippen LogP contribution in [0.3, 0.4) is 0 Å². The molecule has 0 N–H and O–H groups in total. The summed E-state index contributed by atoms with van der Waals surface area (Å²) in [4.78, 5) is 14.0. The number of hydrogen-bond donors (Lipinski definition) is 0. The molecule has 4 unspecified atom stereocenters. The van der Waals surface area contributed by atoms with Crippen molar-refractivity contribution in [2.75, 3.05) is 0 Å². The second-order valence-corrected chi connectivity index (χ2v) is 19.3. The number of aromatic nitrogens is 1. The minimum atomic E-state index is -0.0435. The molecule has 4 aliphatic carbocycles. The fourth-order valence-corrected chi connectivity index (χ4v) is 12.6. The molecular formula is C63H54N4. The quantitative estimate of drug-likeness (QED) is 0.121. The lowest BCUT2D eigenvalue weighted by Crippen LogP contribution is -2.35. The molecule has 5 aliphatic rings. The number of benzene rings is 7. The fourth-order valence-electron chi connectivity index (χ4n) is 12.6. The molecule has 0 spiro atoms. The number of nitrogens with zero attached hydrogens (tertiary/aromatic N) is 4. The number of hydrogen-bond acceptors (Lipinski definition) is 2. The third-order valence-electron chi connectivity index (χ3n) is 15.7. The van der Waals surface area contributed by atoms with E-state index >= 15 is 0 Å². The van der Waals surface area contributed by atoms with Crippen LogP contribution in [0.1, 0.15) is 80.7 Å². The predicted molar refractivity (Wildman–Crippen MR) is 281 cm³/mol. The molecule has 0 saturated carbocycles. The first-order chi connectivity index (χ1) is 33.1. The molecule has 1 saturated heterocycles. The van der Waals surface area contributed by atoms with E-state index in [0.29, 0.717) is 17.9 Å². The third-order valence-corrected chi connectivity index (χ3v) is 15.7. The van der Waals surface area contributed by atoms with Gasteiger partial charge in [0.15, 0.2) is 5.84 Å². The smallest absolute Gasteiger partial charge is 0.151 e. The van der Waals surface area contributed by atoms with Gasteiger partial charge >= 0.3 is 0 Å². The second kappa shape index (κ2) is 16.2. The standard InChI is InChI=1S/C63H54N4/c1-40(42-17-4-3-5-18-42)64-63(65-41(2)48-29-16-23-43-19-8-10-24-49(43)48)55-34-36-59(52-27-13-12-26-51(52)55)67-60-35-32-47(39-57(60)56-37-45-21-6-7-22-46(45)38-61(56)67)66-58-30-15-14-28-53(58)54-33-31-44-20-9-11-25-50(44)62(54)66/h3-12,14-26,28-31,33,38-40,56-57,60H,13,27,32,34-37H2,1-2H3/b64-63-,65-41+. The Morgan fingerprint density at radius 3 is 2.30 bits per heavy atom. The Hall–Kier alpha value is -7.30. The number of rotatable bonds is 6. The Morgan fingerprint density at radius 1 is 0.672 bits per heavy atom. The topological polar surface area (TPSA) is 32.9 Å². The van der Waals surface area contributed by atoms with E-state index in [2.05, 4.69) is 205 Å². The lowest BCUT2D eigenvalue weighted by atomic mass is 9.77. The highest BCUT2D eigenvalue weighted by Gasteiger charge is 2.49. The van der Waals surface area contributed by atoms with Gasteiger partial charge in [0, 0.05) is 68.0 Å². The highest BCUT2D eigenvalue weighted by atomic mass is 15.2. The molecule has 4 atom stereocenters. The molecule has 8 aromatic rings. The molecule has 67 heavy (non-hydrogen) atoms. The van der Waals surface area contributed by atoms with Gasteiger partial charge in [-0.1, -0.05) is 170 Å². The maximum Gasteiger partial charge on any atom is 0.151 e. The van der Waals surface area contributed by atoms with Crippen LogP contribution in [0.25, 0.3) is 55.1 Å². The van der Waals surface area contributed by atoms with Gasteiger partial charge in [0.1, 0.15) is 0 Å². The van der Waals surface area contributed by atoms with Crippen molar-refractivity contribution in [2.45, 2.75) is 70.9 Å². The maximum absolute atomic E-state index is 5.57. The third kappa shape index (κ3) is 6.63. The Morgan fingerprint density at radius 2 is 1.42 bits per heavy atom. The maximum atomic E-state index is 5.57. The minimum Gasteiger partial charge on any atom is -0.344 e. The zero-order chi connectivity index (χ0) is 44.6. The zero-order valence-corrected chi connectivity index (χ0v) is 38.4. The molecule has 4 heteroatoms. The van der Waals surface area contributed by atoms with E-state index in [1.54, 1.807) is 0 Å². The lowest BCUT2D eigenvalue weighted by Gasteiger charge is -2.39. The van der Waals surface area contributed by atoms with Gasteiger partial charge < -0.3 is 9.47 Å². The Bertz CT molecular complexity index is 3550. The highest BCUT2D eigenvalue weighted by Crippen LogP contribution is 2.54. The molecule has 4 nitrogen and oxygen atoms in total. The SMILES string of the molecule is C/C(=N\C(=N/C(C)c1ccccc1)C1=C2C=CCCC2=C(N2C3=Cc4ccccc4CC3C3C=C(n4c5ccccc5c5ccc6ccccc6c54)CCC32)CC1)c1cccc2ccccc12. The summed E-state index contributed by atoms with van der Waals surface area (Å²) < 4.78 is 2.64. The molecule has 7 aromatic carbocycles. The molecular weight excluding hydrogens is 813 g/mol. The normalized spacial score (nSPS) is 21.1. The van der Waals surface area contributed by atoms with Crippen LogP contribution < -0.4 is 0 Å². The molecule has 0 amide bonds. The number of aliphatic imine (C=N–C) groups is 2. The number of fused-ring (bicyclic) bond motifs is 11. The molecule has 2 heterocycles. The summed E-state index contributed by atoms with van der Waals surface area (Å²) >= 11 is 0. The van der Waals surface area contributed by atoms with Crippen molar-refractivity contribution < 1.29 is 0 Å². The van der Waals surface area contributed by atoms with Crippen molar-refractivity contribution in [2.24, 2.45) is 21.8 Å². The van der Waals surface area contributed by atoms with Gasteiger partial charge in [-0.15, -0.1) is 0 Å². The van der Waals surface area contributed by atoms with E-state index in [4.69, 9.17) is 9.98 Å². The second-order valence-electron chi connectivity index (χ2n) is 19.3. The van der Waals surface area contributed by atoms with Gasteiger partial charge in [-0.3, -0.25) is 4.99 Å². The molecule has 0 radical (unpaired) electrons. The highest BCUT2D eigenvalue weighted by molar-refractivity contribution is 6.19. The van der Waals surface area contributed by atoms with Crippen molar-refractivity contribution >= 4 is 66.7 Å². The first-order valence-corrected chi connectivity index (χ1v) is 24.6. The number of allylic oxidation sites excluding steroid dienone is 7. The van der Waals surface area contributed by atoms with Gasteiger partial charge in [-0.05, 0) is 115 Å². The van der Waals surface area contributed by atoms with E-state index in [0.717, 1.165) is 62.1 Å². The van der Waals surface area contributed by atoms with Crippen LogP contribution in [0, 0.1) is 11.8 Å². The molecule has 13 rings (SSSR count). The molecule has 326 valence electrons. The van der Waals surface area contributed by atoms with Crippen molar-refractivity contribution in [1.82, 2.24) is 9.47 Å². The fraction of sp³-hybridized carbons (Fsp3) is 0.206. The zero-order valence-electron chi connectivity index (χ0n) is 38.4. The lowest BCUT2D eigenvalue weighted by molar-refractivity contribution is 0.289. The van der Waals surface area contributed by atoms with Crippen molar-refractivity contribution in [1.29, 1.82) is 0 Å². The number of amidine groups is 1. The number of likely N-dealkylation sites (tertiary alicyclic amines) is 1. The van der Waals surface area contributed by atoms with Crippen LogP contribution in [0.4, 0.5) is 0 Å². The van der Waals surface area contributed by atoms with Crippen LogP contribution in [-0.4, -0.2) is 27.1 Å². The van der Waals surface area contributed by atoms with Gasteiger partial charge in [0.25, 0.3) is 0 Å². The predicted octanol–water partition coefficient (Wildman–Crippen LogP) is 15.6. The monoisotopic (exact) mass is 866 g/mol. The van der Waals surface area contributed by atoms with Gasteiger partial charge in [-0.2, -0.15) is 0 Å². The van der Waals surface area contributed by atoms with Crippen LogP contribution in [0.2, 0.25) is 0 Å². The number of para-hydroxylation sites is 1. The van der Waals surface area contributed by atoms with Crippen molar-refractivity contribution in [3.63, 3.8) is 0 Å². The van der Waals surface area contributed by atoms with E-state index in [1.807, 2.05) is 0 Å². The summed E-state index contributed by atoms with van der Waals surface area (Å²) in [5, 5.41) is 7.74. The Labute approximate surface area is 393 Å². The van der Waals surface area contributed by atoms with Crippen molar-refractivity contribution in [3.05, 3.63) is 226 Å². The Kier molecular flexibility index (Phi) is 9.70. The average Bonchev–Trinajstić information content (AvgIpc) is 3.89. The summed E-state index contributed by atoms with van der Waals surface area (Å²) in [5.41, 5.74) is 17.4. The summed E-state index contributed by atoms with van der Waals surface area (Å²) in [6.07, 6.45) is 17.2. The summed E-state index contributed by atoms with van der Waals surface area (Å²) in [7, 11) is 0.